The van der Waals surface area contributed by atoms with Crippen molar-refractivity contribution in [1.29, 1.82) is 0 Å². The highest BCUT2D eigenvalue weighted by atomic mass is 32.2. The van der Waals surface area contributed by atoms with Crippen LogP contribution in [0.4, 0.5) is 0 Å². The molecule has 2 heterocycles. The smallest absolute Gasteiger partial charge is 0.193 e. The van der Waals surface area contributed by atoms with Gasteiger partial charge in [-0.25, -0.2) is 4.98 Å². The summed E-state index contributed by atoms with van der Waals surface area (Å²) in [5, 5.41) is 3.45. The van der Waals surface area contributed by atoms with Crippen LogP contribution in [0.15, 0.2) is 29.3 Å². The van der Waals surface area contributed by atoms with Crippen molar-refractivity contribution < 1.29 is 0 Å². The molecule has 6 heteroatoms. The van der Waals surface area contributed by atoms with Gasteiger partial charge in [0.05, 0.1) is 11.0 Å². The zero-order valence-electron chi connectivity index (χ0n) is 15.5. The van der Waals surface area contributed by atoms with Gasteiger partial charge in [0.2, 0.25) is 0 Å². The second-order valence-corrected chi connectivity index (χ2v) is 8.87. The third kappa shape index (κ3) is 4.91. The van der Waals surface area contributed by atoms with E-state index in [1.54, 1.807) is 0 Å². The molecule has 1 aromatic carbocycles. The van der Waals surface area contributed by atoms with Crippen LogP contribution >= 0.6 is 11.8 Å². The molecule has 0 bridgehead atoms. The number of aryl methyl sites for hydroxylation is 1. The van der Waals surface area contributed by atoms with Crippen LogP contribution in [0.3, 0.4) is 0 Å². The third-order valence-corrected chi connectivity index (χ3v) is 5.63. The van der Waals surface area contributed by atoms with Crippen molar-refractivity contribution in [2.24, 2.45) is 4.99 Å². The van der Waals surface area contributed by atoms with E-state index < -0.39 is 0 Å². The Kier molecular flexibility index (Phi) is 5.89. The molecular formula is C19H29N5S. The van der Waals surface area contributed by atoms with E-state index in [4.69, 9.17) is 4.99 Å². The SMILES string of the molecule is CCNC(=NCCCc1nc2ccccc2[nH]1)N1CCSC(C)(C)C1. The lowest BCUT2D eigenvalue weighted by atomic mass is 10.2. The molecule has 2 N–H and O–H groups in total. The van der Waals surface area contributed by atoms with Crippen LogP contribution in [-0.2, 0) is 6.42 Å². The number of aliphatic imine (C=N–C) groups is 1. The first-order valence-corrected chi connectivity index (χ1v) is 10.2. The molecule has 0 radical (unpaired) electrons. The topological polar surface area (TPSA) is 56.3 Å². The fourth-order valence-electron chi connectivity index (χ4n) is 3.18. The minimum atomic E-state index is 0.294. The van der Waals surface area contributed by atoms with Gasteiger partial charge in [-0.3, -0.25) is 4.99 Å². The molecule has 136 valence electrons. The van der Waals surface area contributed by atoms with E-state index in [2.05, 4.69) is 58.8 Å². The second-order valence-electron chi connectivity index (χ2n) is 7.07. The first-order valence-electron chi connectivity index (χ1n) is 9.18. The van der Waals surface area contributed by atoms with Crippen molar-refractivity contribution in [3.63, 3.8) is 0 Å². The van der Waals surface area contributed by atoms with E-state index in [0.717, 1.165) is 67.6 Å². The zero-order valence-corrected chi connectivity index (χ0v) is 16.3. The van der Waals surface area contributed by atoms with Crippen molar-refractivity contribution in [2.45, 2.75) is 38.4 Å². The van der Waals surface area contributed by atoms with Crippen molar-refractivity contribution >= 4 is 28.8 Å². The number of nitrogens with one attached hydrogen (secondary N) is 2. The van der Waals surface area contributed by atoms with Gasteiger partial charge in [0.25, 0.3) is 0 Å². The van der Waals surface area contributed by atoms with E-state index in [9.17, 15) is 0 Å². The molecule has 1 aliphatic rings. The van der Waals surface area contributed by atoms with Crippen LogP contribution in [0.25, 0.3) is 11.0 Å². The van der Waals surface area contributed by atoms with Crippen LogP contribution in [-0.4, -0.2) is 57.5 Å². The van der Waals surface area contributed by atoms with Gasteiger partial charge in [0.15, 0.2) is 5.96 Å². The summed E-state index contributed by atoms with van der Waals surface area (Å²) in [5.74, 6) is 3.27. The van der Waals surface area contributed by atoms with Crippen LogP contribution in [0.1, 0.15) is 33.0 Å². The molecule has 5 nitrogen and oxygen atoms in total. The molecular weight excluding hydrogens is 330 g/mol. The summed E-state index contributed by atoms with van der Waals surface area (Å²) in [6.45, 7) is 10.6. The number of benzene rings is 1. The largest absolute Gasteiger partial charge is 0.357 e. The molecule has 0 unspecified atom stereocenters. The van der Waals surface area contributed by atoms with Gasteiger partial charge in [-0.15, -0.1) is 0 Å². The number of thioether (sulfide) groups is 1. The summed E-state index contributed by atoms with van der Waals surface area (Å²) in [5.41, 5.74) is 2.16. The lowest BCUT2D eigenvalue weighted by molar-refractivity contribution is 0.376. The first kappa shape index (κ1) is 18.1. The molecule has 0 aliphatic carbocycles. The number of para-hydroxylation sites is 2. The first-order chi connectivity index (χ1) is 12.1. The predicted molar refractivity (Wildman–Crippen MR) is 109 cm³/mol. The molecule has 2 aromatic rings. The Balaban J connectivity index is 1.56. The van der Waals surface area contributed by atoms with Gasteiger partial charge in [-0.05, 0) is 39.3 Å². The van der Waals surface area contributed by atoms with Gasteiger partial charge >= 0.3 is 0 Å². The number of nitrogens with zero attached hydrogens (tertiary/aromatic N) is 3. The number of fused-ring (bicyclic) bond motifs is 1. The minimum absolute atomic E-state index is 0.294. The van der Waals surface area contributed by atoms with Crippen LogP contribution < -0.4 is 5.32 Å². The van der Waals surface area contributed by atoms with Gasteiger partial charge < -0.3 is 15.2 Å². The number of aromatic amines is 1. The Bertz CT molecular complexity index is 688. The van der Waals surface area contributed by atoms with E-state index in [-0.39, 0.29) is 0 Å². The van der Waals surface area contributed by atoms with Crippen molar-refractivity contribution in [1.82, 2.24) is 20.2 Å². The monoisotopic (exact) mass is 359 g/mol. The maximum Gasteiger partial charge on any atom is 0.193 e. The van der Waals surface area contributed by atoms with E-state index in [0.29, 0.717) is 4.75 Å². The molecule has 1 saturated heterocycles. The van der Waals surface area contributed by atoms with Gasteiger partial charge in [-0.2, -0.15) is 11.8 Å². The highest BCUT2D eigenvalue weighted by Gasteiger charge is 2.28. The van der Waals surface area contributed by atoms with Gasteiger partial charge in [0, 0.05) is 43.1 Å². The fourth-order valence-corrected chi connectivity index (χ4v) is 4.29. The second kappa shape index (κ2) is 8.13. The number of H-pyrrole nitrogens is 1. The maximum atomic E-state index is 4.85. The summed E-state index contributed by atoms with van der Waals surface area (Å²) in [6.07, 6.45) is 1.93. The molecule has 0 atom stereocenters. The molecule has 25 heavy (non-hydrogen) atoms. The van der Waals surface area contributed by atoms with Gasteiger partial charge in [0.1, 0.15) is 5.82 Å². The molecule has 1 aromatic heterocycles. The lowest BCUT2D eigenvalue weighted by Gasteiger charge is -2.39. The number of guanidine groups is 1. The molecule has 1 fully saturated rings. The van der Waals surface area contributed by atoms with E-state index >= 15 is 0 Å². The lowest BCUT2D eigenvalue weighted by Crippen LogP contribution is -2.51. The molecule has 3 rings (SSSR count). The van der Waals surface area contributed by atoms with Crippen molar-refractivity contribution in [2.75, 3.05) is 31.9 Å². The molecule has 1 aliphatic heterocycles. The van der Waals surface area contributed by atoms with Gasteiger partial charge in [-0.1, -0.05) is 12.1 Å². The maximum absolute atomic E-state index is 4.85. The third-order valence-electron chi connectivity index (χ3n) is 4.33. The van der Waals surface area contributed by atoms with Crippen LogP contribution in [0.2, 0.25) is 0 Å². The molecule has 0 saturated carbocycles. The fraction of sp³-hybridized carbons (Fsp3) is 0.579. The number of imidazole rings is 1. The Morgan fingerprint density at radius 2 is 2.24 bits per heavy atom. The summed E-state index contributed by atoms with van der Waals surface area (Å²) in [4.78, 5) is 15.3. The summed E-state index contributed by atoms with van der Waals surface area (Å²) >= 11 is 2.05. The van der Waals surface area contributed by atoms with Crippen LogP contribution in [0.5, 0.6) is 0 Å². The van der Waals surface area contributed by atoms with Crippen molar-refractivity contribution in [3.8, 4) is 0 Å². The average molecular weight is 360 g/mol. The highest BCUT2D eigenvalue weighted by Crippen LogP contribution is 2.29. The molecule has 0 spiro atoms. The van der Waals surface area contributed by atoms with E-state index in [1.165, 1.54) is 0 Å². The Morgan fingerprint density at radius 1 is 1.40 bits per heavy atom. The van der Waals surface area contributed by atoms with Crippen LogP contribution in [0, 0.1) is 0 Å². The number of hydrogen-bond donors (Lipinski definition) is 2. The highest BCUT2D eigenvalue weighted by molar-refractivity contribution is 8.00. The normalized spacial score (nSPS) is 17.9. The van der Waals surface area contributed by atoms with Crippen molar-refractivity contribution in [3.05, 3.63) is 30.1 Å². The Labute approximate surface area is 154 Å². The number of aromatic nitrogens is 2. The van der Waals surface area contributed by atoms with E-state index in [1.807, 2.05) is 18.2 Å². The number of hydrogen-bond acceptors (Lipinski definition) is 3. The molecule has 0 amide bonds. The summed E-state index contributed by atoms with van der Waals surface area (Å²) < 4.78 is 0.294. The Hall–Kier alpha value is -1.69. The quantitative estimate of drug-likeness (QED) is 0.489. The standard InChI is InChI=1S/C19H29N5S/c1-4-20-18(24-12-13-25-19(2,3)14-24)21-11-7-10-17-22-15-8-5-6-9-16(15)23-17/h5-6,8-9H,4,7,10-14H2,1-3H3,(H,20,21)(H,22,23). The Morgan fingerprint density at radius 3 is 3.00 bits per heavy atom. The number of rotatable bonds is 5. The summed E-state index contributed by atoms with van der Waals surface area (Å²) in [6, 6.07) is 8.18. The zero-order chi connectivity index (χ0) is 17.7. The predicted octanol–water partition coefficient (Wildman–Crippen LogP) is 3.29. The average Bonchev–Trinajstić information content (AvgIpc) is 2.99. The minimum Gasteiger partial charge on any atom is -0.357 e. The summed E-state index contributed by atoms with van der Waals surface area (Å²) in [7, 11) is 0.